The molecule has 1 aromatic carbocycles. The fourth-order valence-corrected chi connectivity index (χ4v) is 3.81. The lowest BCUT2D eigenvalue weighted by Gasteiger charge is -2.14. The first-order chi connectivity index (χ1) is 13.9. The quantitative estimate of drug-likeness (QED) is 0.606. The Hall–Kier alpha value is -3.40. The van der Waals surface area contributed by atoms with E-state index in [0.29, 0.717) is 34.3 Å². The van der Waals surface area contributed by atoms with Crippen LogP contribution in [0.25, 0.3) is 10.2 Å². The number of benzene rings is 1. The monoisotopic (exact) mass is 417 g/mol. The van der Waals surface area contributed by atoms with Crippen LogP contribution in [0.2, 0.25) is 0 Å². The first kappa shape index (κ1) is 20.3. The maximum Gasteiger partial charge on any atom is 0.337 e. The van der Waals surface area contributed by atoms with Gasteiger partial charge in [-0.25, -0.2) is 9.78 Å². The van der Waals surface area contributed by atoms with E-state index in [1.54, 1.807) is 25.1 Å². The number of aromatic nitrogens is 2. The van der Waals surface area contributed by atoms with Gasteiger partial charge in [-0.15, -0.1) is 11.3 Å². The van der Waals surface area contributed by atoms with E-state index >= 15 is 0 Å². The molecule has 2 heterocycles. The van der Waals surface area contributed by atoms with Gasteiger partial charge in [0.05, 0.1) is 30.9 Å². The molecule has 2 N–H and O–H groups in total. The summed E-state index contributed by atoms with van der Waals surface area (Å²) >= 11 is 1.09. The predicted octanol–water partition coefficient (Wildman–Crippen LogP) is 2.37. The molecule has 0 aliphatic heterocycles. The van der Waals surface area contributed by atoms with Crippen molar-refractivity contribution in [1.82, 2.24) is 9.55 Å². The molecular weight excluding hydrogens is 398 g/mol. The van der Waals surface area contributed by atoms with E-state index < -0.39 is 17.4 Å². The lowest BCUT2D eigenvalue weighted by atomic mass is 10.2. The molecule has 152 valence electrons. The summed E-state index contributed by atoms with van der Waals surface area (Å²) in [7, 11) is 2.98. The summed E-state index contributed by atoms with van der Waals surface area (Å²) in [5, 5.41) is 13.4. The fourth-order valence-electron chi connectivity index (χ4n) is 2.89. The number of ether oxygens (including phenoxy) is 2. The third kappa shape index (κ3) is 3.92. The van der Waals surface area contributed by atoms with Gasteiger partial charge in [0, 0.05) is 17.9 Å². The summed E-state index contributed by atoms with van der Waals surface area (Å²) in [4.78, 5) is 41.7. The number of carboxylic acids is 1. The van der Waals surface area contributed by atoms with Crippen molar-refractivity contribution in [2.75, 3.05) is 19.5 Å². The van der Waals surface area contributed by atoms with Gasteiger partial charge in [-0.1, -0.05) is 6.92 Å². The minimum absolute atomic E-state index is 0.00882. The summed E-state index contributed by atoms with van der Waals surface area (Å²) < 4.78 is 11.6. The number of thiophene rings is 1. The van der Waals surface area contributed by atoms with Crippen LogP contribution in [0.5, 0.6) is 11.5 Å². The van der Waals surface area contributed by atoms with Crippen LogP contribution in [0.4, 0.5) is 5.69 Å². The minimum Gasteiger partial charge on any atom is -0.497 e. The summed E-state index contributed by atoms with van der Waals surface area (Å²) in [6.45, 7) is 1.50. The number of rotatable bonds is 7. The van der Waals surface area contributed by atoms with Crippen LogP contribution >= 0.6 is 11.3 Å². The Morgan fingerprint density at radius 2 is 2.03 bits per heavy atom. The number of amides is 1. The van der Waals surface area contributed by atoms with Crippen LogP contribution in [-0.2, 0) is 17.8 Å². The van der Waals surface area contributed by atoms with E-state index in [2.05, 4.69) is 10.3 Å². The molecule has 9 nitrogen and oxygen atoms in total. The van der Waals surface area contributed by atoms with Gasteiger partial charge >= 0.3 is 5.97 Å². The van der Waals surface area contributed by atoms with Gasteiger partial charge in [-0.3, -0.25) is 14.2 Å². The molecule has 0 spiro atoms. The molecule has 0 aliphatic rings. The molecule has 3 aromatic rings. The fraction of sp³-hybridized carbons (Fsp3) is 0.263. The standard InChI is InChI=1S/C19H19N3O6S/c1-4-14-21-17-16(11(9-29-17)19(25)26)18(24)22(14)8-15(23)20-12-6-5-10(27-2)7-13(12)28-3/h5-7,9H,4,8H2,1-3H3,(H,20,23)(H,25,26). The Labute approximate surface area is 169 Å². The number of anilines is 1. The van der Waals surface area contributed by atoms with Crippen LogP contribution in [0, 0.1) is 0 Å². The Morgan fingerprint density at radius 3 is 2.66 bits per heavy atom. The highest BCUT2D eigenvalue weighted by atomic mass is 32.1. The van der Waals surface area contributed by atoms with Crippen molar-refractivity contribution in [2.24, 2.45) is 0 Å². The van der Waals surface area contributed by atoms with Gasteiger partial charge in [-0.05, 0) is 12.1 Å². The third-order valence-corrected chi connectivity index (χ3v) is 5.18. The van der Waals surface area contributed by atoms with Crippen LogP contribution in [0.1, 0.15) is 23.1 Å². The molecule has 0 saturated heterocycles. The predicted molar refractivity (Wildman–Crippen MR) is 108 cm³/mol. The molecule has 0 radical (unpaired) electrons. The average molecular weight is 417 g/mol. The second kappa shape index (κ2) is 8.31. The zero-order valence-electron chi connectivity index (χ0n) is 16.0. The van der Waals surface area contributed by atoms with Gasteiger partial charge in [0.15, 0.2) is 0 Å². The highest BCUT2D eigenvalue weighted by Crippen LogP contribution is 2.29. The number of carbonyl (C=O) groups is 2. The summed E-state index contributed by atoms with van der Waals surface area (Å²) in [5.74, 6) is -0.312. The summed E-state index contributed by atoms with van der Waals surface area (Å²) in [5.41, 5.74) is -0.251. The molecule has 0 aliphatic carbocycles. The van der Waals surface area contributed by atoms with E-state index in [0.717, 1.165) is 11.3 Å². The van der Waals surface area contributed by atoms with Gasteiger partial charge in [-0.2, -0.15) is 0 Å². The molecule has 3 rings (SSSR count). The molecule has 0 unspecified atom stereocenters. The Kier molecular flexibility index (Phi) is 5.83. The Bertz CT molecular complexity index is 1150. The zero-order valence-corrected chi connectivity index (χ0v) is 16.8. The Morgan fingerprint density at radius 1 is 1.28 bits per heavy atom. The SMILES string of the molecule is CCc1nc2scc(C(=O)O)c2c(=O)n1CC(=O)Nc1ccc(OC)cc1OC. The number of carbonyl (C=O) groups excluding carboxylic acids is 1. The lowest BCUT2D eigenvalue weighted by molar-refractivity contribution is -0.116. The molecule has 10 heteroatoms. The molecule has 0 fully saturated rings. The molecule has 0 bridgehead atoms. The van der Waals surface area contributed by atoms with Crippen molar-refractivity contribution in [3.8, 4) is 11.5 Å². The van der Waals surface area contributed by atoms with Crippen LogP contribution < -0.4 is 20.3 Å². The van der Waals surface area contributed by atoms with E-state index in [9.17, 15) is 19.5 Å². The smallest absolute Gasteiger partial charge is 0.337 e. The van der Waals surface area contributed by atoms with E-state index in [4.69, 9.17) is 9.47 Å². The Balaban J connectivity index is 1.96. The van der Waals surface area contributed by atoms with Gasteiger partial charge < -0.3 is 19.9 Å². The number of carboxylic acid groups (broad SMARTS) is 1. The maximum atomic E-state index is 12.9. The second-order valence-electron chi connectivity index (χ2n) is 6.02. The topological polar surface area (TPSA) is 120 Å². The molecule has 0 saturated carbocycles. The number of aryl methyl sites for hydroxylation is 1. The van der Waals surface area contributed by atoms with Crippen LogP contribution in [0.3, 0.4) is 0 Å². The normalized spacial score (nSPS) is 10.7. The highest BCUT2D eigenvalue weighted by Gasteiger charge is 2.20. The molecule has 0 atom stereocenters. The largest absolute Gasteiger partial charge is 0.497 e. The summed E-state index contributed by atoms with van der Waals surface area (Å²) in [6, 6.07) is 4.92. The third-order valence-electron chi connectivity index (χ3n) is 4.30. The first-order valence-electron chi connectivity index (χ1n) is 8.65. The number of hydrogen-bond donors (Lipinski definition) is 2. The lowest BCUT2D eigenvalue weighted by Crippen LogP contribution is -2.31. The number of nitrogens with one attached hydrogen (secondary N) is 1. The van der Waals surface area contributed by atoms with Gasteiger partial charge in [0.1, 0.15) is 28.7 Å². The average Bonchev–Trinajstić information content (AvgIpc) is 3.14. The van der Waals surface area contributed by atoms with Crippen molar-refractivity contribution in [2.45, 2.75) is 19.9 Å². The van der Waals surface area contributed by atoms with Crippen molar-refractivity contribution >= 4 is 39.1 Å². The van der Waals surface area contributed by atoms with Crippen molar-refractivity contribution < 1.29 is 24.2 Å². The molecule has 29 heavy (non-hydrogen) atoms. The van der Waals surface area contributed by atoms with Crippen molar-refractivity contribution in [1.29, 1.82) is 0 Å². The highest BCUT2D eigenvalue weighted by molar-refractivity contribution is 7.17. The van der Waals surface area contributed by atoms with Crippen LogP contribution in [-0.4, -0.2) is 40.8 Å². The van der Waals surface area contributed by atoms with Gasteiger partial charge in [0.2, 0.25) is 5.91 Å². The van der Waals surface area contributed by atoms with Crippen molar-refractivity contribution in [3.05, 3.63) is 45.3 Å². The van der Waals surface area contributed by atoms with Crippen LogP contribution in [0.15, 0.2) is 28.4 Å². The minimum atomic E-state index is -1.21. The number of nitrogens with zero attached hydrogens (tertiary/aromatic N) is 2. The number of methoxy groups -OCH3 is 2. The summed E-state index contributed by atoms with van der Waals surface area (Å²) in [6.07, 6.45) is 0.407. The molecular formula is C19H19N3O6S. The number of hydrogen-bond acceptors (Lipinski definition) is 7. The van der Waals surface area contributed by atoms with Gasteiger partial charge in [0.25, 0.3) is 5.56 Å². The second-order valence-corrected chi connectivity index (χ2v) is 6.88. The number of aromatic carboxylic acids is 1. The molecule has 1 amide bonds. The van der Waals surface area contributed by atoms with E-state index in [-0.39, 0.29) is 17.5 Å². The van der Waals surface area contributed by atoms with E-state index in [1.165, 1.54) is 24.2 Å². The zero-order chi connectivity index (χ0) is 21.1. The van der Waals surface area contributed by atoms with Crippen molar-refractivity contribution in [3.63, 3.8) is 0 Å². The number of fused-ring (bicyclic) bond motifs is 1. The van der Waals surface area contributed by atoms with E-state index in [1.807, 2.05) is 0 Å². The first-order valence-corrected chi connectivity index (χ1v) is 9.53. The maximum absolute atomic E-state index is 12.9. The molecule has 2 aromatic heterocycles.